The first kappa shape index (κ1) is 13.1. The summed E-state index contributed by atoms with van der Waals surface area (Å²) >= 11 is 0. The van der Waals surface area contributed by atoms with Gasteiger partial charge >= 0.3 is 0 Å². The van der Waals surface area contributed by atoms with Crippen LogP contribution in [0.1, 0.15) is 13.3 Å². The highest BCUT2D eigenvalue weighted by molar-refractivity contribution is 7.89. The summed E-state index contributed by atoms with van der Waals surface area (Å²) in [5.74, 6) is -0.484. The molecule has 1 rings (SSSR count). The van der Waals surface area contributed by atoms with Gasteiger partial charge in [0.25, 0.3) is 0 Å². The first-order valence-corrected chi connectivity index (χ1v) is 6.33. The number of benzene rings is 1. The maximum atomic E-state index is 12.6. The van der Waals surface area contributed by atoms with Gasteiger partial charge in [0.1, 0.15) is 5.82 Å². The first-order chi connectivity index (χ1) is 7.45. The van der Waals surface area contributed by atoms with Gasteiger partial charge in [-0.2, -0.15) is 0 Å². The SMILES string of the molecule is CC(CCO)NS(=O)(=O)c1ccc(F)cc1. The molecule has 4 nitrogen and oxygen atoms in total. The minimum Gasteiger partial charge on any atom is -0.396 e. The molecule has 0 amide bonds. The van der Waals surface area contributed by atoms with Crippen LogP contribution in [0.3, 0.4) is 0 Å². The van der Waals surface area contributed by atoms with Crippen LogP contribution < -0.4 is 4.72 Å². The molecule has 0 spiro atoms. The van der Waals surface area contributed by atoms with Crippen LogP contribution >= 0.6 is 0 Å². The zero-order valence-electron chi connectivity index (χ0n) is 8.85. The molecule has 0 fully saturated rings. The maximum Gasteiger partial charge on any atom is 0.240 e. The highest BCUT2D eigenvalue weighted by atomic mass is 32.2. The molecule has 1 aromatic rings. The minimum atomic E-state index is -3.63. The monoisotopic (exact) mass is 247 g/mol. The van der Waals surface area contributed by atoms with Gasteiger partial charge in [-0.15, -0.1) is 0 Å². The fraction of sp³-hybridized carbons (Fsp3) is 0.400. The van der Waals surface area contributed by atoms with E-state index in [2.05, 4.69) is 4.72 Å². The van der Waals surface area contributed by atoms with E-state index in [4.69, 9.17) is 5.11 Å². The van der Waals surface area contributed by atoms with E-state index in [1.54, 1.807) is 6.92 Å². The van der Waals surface area contributed by atoms with Gasteiger partial charge < -0.3 is 5.11 Å². The molecule has 1 atom stereocenters. The fourth-order valence-electron chi connectivity index (χ4n) is 1.20. The Bertz CT molecular complexity index is 430. The predicted octanol–water partition coefficient (Wildman–Crippen LogP) is 0.875. The second-order valence-electron chi connectivity index (χ2n) is 3.49. The molecule has 6 heteroatoms. The fourth-order valence-corrected chi connectivity index (χ4v) is 2.48. The Morgan fingerprint density at radius 3 is 2.44 bits per heavy atom. The zero-order chi connectivity index (χ0) is 12.2. The summed E-state index contributed by atoms with van der Waals surface area (Å²) in [7, 11) is -3.63. The second-order valence-corrected chi connectivity index (χ2v) is 5.20. The average molecular weight is 247 g/mol. The largest absolute Gasteiger partial charge is 0.396 e. The number of aliphatic hydroxyl groups excluding tert-OH is 1. The van der Waals surface area contributed by atoms with Crippen LogP contribution in [0, 0.1) is 5.82 Å². The van der Waals surface area contributed by atoms with Gasteiger partial charge in [-0.05, 0) is 37.6 Å². The molecule has 0 aliphatic rings. The van der Waals surface area contributed by atoms with Crippen LogP contribution in [-0.4, -0.2) is 26.2 Å². The predicted molar refractivity (Wildman–Crippen MR) is 57.9 cm³/mol. The second kappa shape index (κ2) is 5.38. The molecule has 1 aromatic carbocycles. The molecular weight excluding hydrogens is 233 g/mol. The summed E-state index contributed by atoms with van der Waals surface area (Å²) in [6, 6.07) is 4.21. The number of hydrogen-bond donors (Lipinski definition) is 2. The van der Waals surface area contributed by atoms with E-state index < -0.39 is 15.8 Å². The number of halogens is 1. The molecule has 0 radical (unpaired) electrons. The van der Waals surface area contributed by atoms with Crippen molar-refractivity contribution in [1.29, 1.82) is 0 Å². The van der Waals surface area contributed by atoms with Crippen LogP contribution in [0.2, 0.25) is 0 Å². The molecule has 0 heterocycles. The Morgan fingerprint density at radius 1 is 1.38 bits per heavy atom. The van der Waals surface area contributed by atoms with Crippen molar-refractivity contribution in [3.63, 3.8) is 0 Å². The third kappa shape index (κ3) is 3.55. The topological polar surface area (TPSA) is 66.4 Å². The van der Waals surface area contributed by atoms with Crippen molar-refractivity contribution in [3.05, 3.63) is 30.1 Å². The van der Waals surface area contributed by atoms with E-state index in [-0.39, 0.29) is 17.5 Å². The normalized spacial score (nSPS) is 13.7. The smallest absolute Gasteiger partial charge is 0.240 e. The van der Waals surface area contributed by atoms with Gasteiger partial charge in [-0.3, -0.25) is 0 Å². The lowest BCUT2D eigenvalue weighted by atomic mass is 10.3. The number of hydrogen-bond acceptors (Lipinski definition) is 3. The molecule has 16 heavy (non-hydrogen) atoms. The summed E-state index contributed by atoms with van der Waals surface area (Å²) in [4.78, 5) is 0.0127. The van der Waals surface area contributed by atoms with E-state index in [9.17, 15) is 12.8 Å². The lowest BCUT2D eigenvalue weighted by Crippen LogP contribution is -2.33. The summed E-state index contributed by atoms with van der Waals surface area (Å²) in [5.41, 5.74) is 0. The van der Waals surface area contributed by atoms with Gasteiger partial charge in [-0.25, -0.2) is 17.5 Å². The van der Waals surface area contributed by atoms with Crippen molar-refractivity contribution in [2.45, 2.75) is 24.3 Å². The van der Waals surface area contributed by atoms with E-state index in [1.165, 1.54) is 12.1 Å². The van der Waals surface area contributed by atoms with Crippen molar-refractivity contribution in [3.8, 4) is 0 Å². The third-order valence-electron chi connectivity index (χ3n) is 2.04. The van der Waals surface area contributed by atoms with Gasteiger partial charge in [-0.1, -0.05) is 0 Å². The van der Waals surface area contributed by atoms with Crippen LogP contribution in [0.5, 0.6) is 0 Å². The van der Waals surface area contributed by atoms with Gasteiger partial charge in [0.2, 0.25) is 10.0 Å². The lowest BCUT2D eigenvalue weighted by molar-refractivity contribution is 0.275. The van der Waals surface area contributed by atoms with Crippen molar-refractivity contribution < 1.29 is 17.9 Å². The highest BCUT2D eigenvalue weighted by Crippen LogP contribution is 2.10. The summed E-state index contributed by atoms with van der Waals surface area (Å²) < 4.78 is 38.4. The molecule has 0 aromatic heterocycles. The third-order valence-corrected chi connectivity index (χ3v) is 3.65. The Balaban J connectivity index is 2.82. The van der Waals surface area contributed by atoms with E-state index in [0.29, 0.717) is 6.42 Å². The van der Waals surface area contributed by atoms with E-state index >= 15 is 0 Å². The Kier molecular flexibility index (Phi) is 4.40. The Labute approximate surface area is 94.2 Å². The zero-order valence-corrected chi connectivity index (χ0v) is 9.67. The summed E-state index contributed by atoms with van der Waals surface area (Å²) in [6.45, 7) is 1.56. The van der Waals surface area contributed by atoms with Crippen molar-refractivity contribution in [1.82, 2.24) is 4.72 Å². The van der Waals surface area contributed by atoms with Crippen LogP contribution in [-0.2, 0) is 10.0 Å². The molecule has 1 unspecified atom stereocenters. The number of rotatable bonds is 5. The van der Waals surface area contributed by atoms with E-state index in [0.717, 1.165) is 12.1 Å². The summed E-state index contributed by atoms with van der Waals surface area (Å²) in [5, 5.41) is 8.66. The number of nitrogens with one attached hydrogen (secondary N) is 1. The average Bonchev–Trinajstić information content (AvgIpc) is 2.17. The molecule has 0 aliphatic carbocycles. The van der Waals surface area contributed by atoms with E-state index in [1.807, 2.05) is 0 Å². The van der Waals surface area contributed by atoms with Gasteiger partial charge in [0.05, 0.1) is 4.90 Å². The van der Waals surface area contributed by atoms with Crippen molar-refractivity contribution in [2.24, 2.45) is 0 Å². The summed E-state index contributed by atoms with van der Waals surface area (Å²) in [6.07, 6.45) is 0.334. The van der Waals surface area contributed by atoms with Crippen LogP contribution in [0.25, 0.3) is 0 Å². The van der Waals surface area contributed by atoms with Crippen LogP contribution in [0.4, 0.5) is 4.39 Å². The maximum absolute atomic E-state index is 12.6. The highest BCUT2D eigenvalue weighted by Gasteiger charge is 2.16. The van der Waals surface area contributed by atoms with Crippen molar-refractivity contribution in [2.75, 3.05) is 6.61 Å². The van der Waals surface area contributed by atoms with Crippen LogP contribution in [0.15, 0.2) is 29.2 Å². The molecule has 0 saturated heterocycles. The lowest BCUT2D eigenvalue weighted by Gasteiger charge is -2.12. The molecule has 0 bridgehead atoms. The Morgan fingerprint density at radius 2 is 1.94 bits per heavy atom. The van der Waals surface area contributed by atoms with Gasteiger partial charge in [0.15, 0.2) is 0 Å². The van der Waals surface area contributed by atoms with Gasteiger partial charge in [0, 0.05) is 12.6 Å². The molecule has 0 saturated carbocycles. The molecule has 0 aliphatic heterocycles. The molecule has 90 valence electrons. The molecule has 2 N–H and O–H groups in total. The number of aliphatic hydroxyl groups is 1. The molecular formula is C10H14FNO3S. The number of sulfonamides is 1. The standard InChI is InChI=1S/C10H14FNO3S/c1-8(6-7-13)12-16(14,15)10-4-2-9(11)3-5-10/h2-5,8,12-13H,6-7H2,1H3. The Hall–Kier alpha value is -0.980. The van der Waals surface area contributed by atoms with Crippen molar-refractivity contribution >= 4 is 10.0 Å². The quantitative estimate of drug-likeness (QED) is 0.811. The minimum absolute atomic E-state index is 0.0127. The first-order valence-electron chi connectivity index (χ1n) is 4.84.